The molecule has 0 aromatic carbocycles. The van der Waals surface area contributed by atoms with Gasteiger partial charge < -0.3 is 20.7 Å². The van der Waals surface area contributed by atoms with E-state index >= 15 is 0 Å². The standard InChI is InChI=1S/C12H22N6O/c1-3-6-19-12-16-10(13)15-11(17-12)14-7-9-4-5-18(2)8-9/h9H,3-8H2,1-2H3,(H3,13,14,15,16,17). The fraction of sp³-hybridized carbons (Fsp3) is 0.750. The molecule has 1 fully saturated rings. The third-order valence-corrected chi connectivity index (χ3v) is 3.11. The van der Waals surface area contributed by atoms with Crippen molar-refractivity contribution >= 4 is 11.9 Å². The minimum atomic E-state index is 0.187. The van der Waals surface area contributed by atoms with Gasteiger partial charge in [0.1, 0.15) is 0 Å². The molecule has 106 valence electrons. The number of nitrogens with one attached hydrogen (secondary N) is 1. The molecule has 19 heavy (non-hydrogen) atoms. The van der Waals surface area contributed by atoms with Crippen molar-refractivity contribution in [2.45, 2.75) is 19.8 Å². The van der Waals surface area contributed by atoms with Crippen molar-refractivity contribution in [2.24, 2.45) is 5.92 Å². The maximum atomic E-state index is 5.65. The quantitative estimate of drug-likeness (QED) is 0.779. The summed E-state index contributed by atoms with van der Waals surface area (Å²) in [7, 11) is 2.14. The third kappa shape index (κ3) is 4.20. The van der Waals surface area contributed by atoms with Crippen LogP contribution in [0, 0.1) is 5.92 Å². The summed E-state index contributed by atoms with van der Waals surface area (Å²) in [6.07, 6.45) is 2.10. The smallest absolute Gasteiger partial charge is 0.323 e. The molecule has 2 rings (SSSR count). The minimum Gasteiger partial charge on any atom is -0.463 e. The Morgan fingerprint density at radius 3 is 2.95 bits per heavy atom. The van der Waals surface area contributed by atoms with Crippen LogP contribution in [0.1, 0.15) is 19.8 Å². The van der Waals surface area contributed by atoms with Gasteiger partial charge >= 0.3 is 6.01 Å². The summed E-state index contributed by atoms with van der Waals surface area (Å²) in [6.45, 7) is 5.71. The van der Waals surface area contributed by atoms with E-state index in [1.165, 1.54) is 6.42 Å². The highest BCUT2D eigenvalue weighted by Crippen LogP contribution is 2.15. The molecule has 1 atom stereocenters. The third-order valence-electron chi connectivity index (χ3n) is 3.11. The van der Waals surface area contributed by atoms with Gasteiger partial charge in [-0.2, -0.15) is 15.0 Å². The van der Waals surface area contributed by atoms with E-state index in [0.717, 1.165) is 26.1 Å². The van der Waals surface area contributed by atoms with E-state index in [-0.39, 0.29) is 5.95 Å². The van der Waals surface area contributed by atoms with E-state index in [9.17, 15) is 0 Å². The van der Waals surface area contributed by atoms with E-state index in [1.807, 2.05) is 6.92 Å². The Labute approximate surface area is 113 Å². The summed E-state index contributed by atoms with van der Waals surface area (Å²) < 4.78 is 5.38. The Morgan fingerprint density at radius 1 is 1.42 bits per heavy atom. The topological polar surface area (TPSA) is 89.2 Å². The molecule has 1 aromatic rings. The maximum absolute atomic E-state index is 5.65. The second-order valence-corrected chi connectivity index (χ2v) is 4.95. The van der Waals surface area contributed by atoms with E-state index in [1.54, 1.807) is 0 Å². The molecular weight excluding hydrogens is 244 g/mol. The Balaban J connectivity index is 1.90. The van der Waals surface area contributed by atoms with Crippen LogP contribution in [0.2, 0.25) is 0 Å². The highest BCUT2D eigenvalue weighted by atomic mass is 16.5. The van der Waals surface area contributed by atoms with Crippen LogP contribution in [-0.4, -0.2) is 53.1 Å². The monoisotopic (exact) mass is 266 g/mol. The molecule has 7 heteroatoms. The van der Waals surface area contributed by atoms with Gasteiger partial charge in [-0.25, -0.2) is 0 Å². The Kier molecular flexibility index (Phi) is 4.73. The molecule has 0 radical (unpaired) electrons. The lowest BCUT2D eigenvalue weighted by molar-refractivity contribution is 0.292. The van der Waals surface area contributed by atoms with Crippen molar-refractivity contribution in [3.63, 3.8) is 0 Å². The SMILES string of the molecule is CCCOc1nc(N)nc(NCC2CCN(C)C2)n1. The number of rotatable bonds is 6. The summed E-state index contributed by atoms with van der Waals surface area (Å²) in [5.74, 6) is 1.31. The van der Waals surface area contributed by atoms with E-state index in [0.29, 0.717) is 24.5 Å². The number of nitrogens with two attached hydrogens (primary N) is 1. The molecule has 1 aromatic heterocycles. The summed E-state index contributed by atoms with van der Waals surface area (Å²) in [6, 6.07) is 0.292. The number of likely N-dealkylation sites (tertiary alicyclic amines) is 1. The fourth-order valence-electron chi connectivity index (χ4n) is 2.14. The Morgan fingerprint density at radius 2 is 2.26 bits per heavy atom. The van der Waals surface area contributed by atoms with Crippen molar-refractivity contribution in [1.29, 1.82) is 0 Å². The molecular formula is C12H22N6O. The van der Waals surface area contributed by atoms with Crippen molar-refractivity contribution in [3.8, 4) is 6.01 Å². The normalized spacial score (nSPS) is 19.6. The first kappa shape index (κ1) is 13.8. The first-order valence-electron chi connectivity index (χ1n) is 6.74. The highest BCUT2D eigenvalue weighted by Gasteiger charge is 2.19. The average Bonchev–Trinajstić information content (AvgIpc) is 2.79. The van der Waals surface area contributed by atoms with Crippen LogP contribution in [0.5, 0.6) is 6.01 Å². The number of nitrogens with zero attached hydrogens (tertiary/aromatic N) is 4. The number of hydrogen-bond acceptors (Lipinski definition) is 7. The molecule has 0 saturated carbocycles. The van der Waals surface area contributed by atoms with Crippen molar-refractivity contribution in [3.05, 3.63) is 0 Å². The zero-order chi connectivity index (χ0) is 13.7. The molecule has 0 spiro atoms. The highest BCUT2D eigenvalue weighted by molar-refractivity contribution is 5.32. The van der Waals surface area contributed by atoms with E-state index in [2.05, 4.69) is 32.2 Å². The lowest BCUT2D eigenvalue weighted by atomic mass is 10.1. The lowest BCUT2D eigenvalue weighted by Crippen LogP contribution is -2.20. The molecule has 3 N–H and O–H groups in total. The van der Waals surface area contributed by atoms with E-state index in [4.69, 9.17) is 10.5 Å². The van der Waals surface area contributed by atoms with Gasteiger partial charge in [-0.1, -0.05) is 6.92 Å². The predicted octanol–water partition coefficient (Wildman–Crippen LogP) is 0.606. The zero-order valence-electron chi connectivity index (χ0n) is 11.6. The maximum Gasteiger partial charge on any atom is 0.323 e. The summed E-state index contributed by atoms with van der Waals surface area (Å²) >= 11 is 0. The molecule has 1 aliphatic rings. The Bertz CT molecular complexity index is 413. The van der Waals surface area contributed by atoms with E-state index < -0.39 is 0 Å². The molecule has 1 unspecified atom stereocenters. The molecule has 1 saturated heterocycles. The number of nitrogen functional groups attached to an aromatic ring is 1. The van der Waals surface area contributed by atoms with Crippen LogP contribution in [0.3, 0.4) is 0 Å². The van der Waals surface area contributed by atoms with Gasteiger partial charge in [0.05, 0.1) is 6.61 Å². The zero-order valence-corrected chi connectivity index (χ0v) is 11.6. The summed E-state index contributed by atoms with van der Waals surface area (Å²) in [5.41, 5.74) is 5.65. The average molecular weight is 266 g/mol. The van der Waals surface area contributed by atoms with Crippen LogP contribution in [0.15, 0.2) is 0 Å². The van der Waals surface area contributed by atoms with Crippen molar-refractivity contribution in [2.75, 3.05) is 44.3 Å². The fourth-order valence-corrected chi connectivity index (χ4v) is 2.14. The largest absolute Gasteiger partial charge is 0.463 e. The molecule has 2 heterocycles. The molecule has 0 aliphatic carbocycles. The van der Waals surface area contributed by atoms with Gasteiger partial charge in [-0.3, -0.25) is 0 Å². The van der Waals surface area contributed by atoms with Gasteiger partial charge in [0.25, 0.3) is 0 Å². The van der Waals surface area contributed by atoms with Crippen LogP contribution < -0.4 is 15.8 Å². The molecule has 0 bridgehead atoms. The van der Waals surface area contributed by atoms with Gasteiger partial charge in [-0.05, 0) is 32.4 Å². The minimum absolute atomic E-state index is 0.187. The van der Waals surface area contributed by atoms with Gasteiger partial charge in [0, 0.05) is 13.1 Å². The summed E-state index contributed by atoms with van der Waals surface area (Å²) in [5, 5.41) is 3.22. The number of anilines is 2. The van der Waals surface area contributed by atoms with Gasteiger partial charge in [0.2, 0.25) is 11.9 Å². The Hall–Kier alpha value is -1.63. The van der Waals surface area contributed by atoms with Crippen LogP contribution in [0.4, 0.5) is 11.9 Å². The first-order valence-corrected chi connectivity index (χ1v) is 6.74. The predicted molar refractivity (Wildman–Crippen MR) is 74.1 cm³/mol. The number of aromatic nitrogens is 3. The van der Waals surface area contributed by atoms with Gasteiger partial charge in [-0.15, -0.1) is 0 Å². The van der Waals surface area contributed by atoms with Crippen LogP contribution in [-0.2, 0) is 0 Å². The van der Waals surface area contributed by atoms with Crippen molar-refractivity contribution in [1.82, 2.24) is 19.9 Å². The summed E-state index contributed by atoms with van der Waals surface area (Å²) in [4.78, 5) is 14.5. The second kappa shape index (κ2) is 6.51. The van der Waals surface area contributed by atoms with Crippen LogP contribution >= 0.6 is 0 Å². The second-order valence-electron chi connectivity index (χ2n) is 4.95. The first-order chi connectivity index (χ1) is 9.17. The van der Waals surface area contributed by atoms with Crippen LogP contribution in [0.25, 0.3) is 0 Å². The lowest BCUT2D eigenvalue weighted by Gasteiger charge is -2.12. The molecule has 1 aliphatic heterocycles. The number of hydrogen-bond donors (Lipinski definition) is 2. The van der Waals surface area contributed by atoms with Crippen molar-refractivity contribution < 1.29 is 4.74 Å². The van der Waals surface area contributed by atoms with Gasteiger partial charge in [0.15, 0.2) is 0 Å². The number of ether oxygens (including phenoxy) is 1. The molecule has 0 amide bonds. The molecule has 7 nitrogen and oxygen atoms in total.